The van der Waals surface area contributed by atoms with Gasteiger partial charge >= 0.3 is 0 Å². The van der Waals surface area contributed by atoms with Gasteiger partial charge in [-0.1, -0.05) is 48.6 Å². The van der Waals surface area contributed by atoms with Crippen LogP contribution in [0.15, 0.2) is 42.5 Å². The van der Waals surface area contributed by atoms with Crippen molar-refractivity contribution in [1.82, 2.24) is 10.2 Å². The van der Waals surface area contributed by atoms with Gasteiger partial charge < -0.3 is 15.5 Å². The Kier molecular flexibility index (Phi) is 7.21. The second-order valence-corrected chi connectivity index (χ2v) is 6.74. The molecule has 0 aliphatic carbocycles. The third kappa shape index (κ3) is 6.03. The summed E-state index contributed by atoms with van der Waals surface area (Å²) < 4.78 is 0.476. The molecular formula is C18H21N3O2S2. The summed E-state index contributed by atoms with van der Waals surface area (Å²) in [6.45, 7) is 1.04. The number of anilines is 1. The highest BCUT2D eigenvalue weighted by molar-refractivity contribution is 8.10. The zero-order valence-corrected chi connectivity index (χ0v) is 15.7. The maximum absolute atomic E-state index is 12.1. The van der Waals surface area contributed by atoms with E-state index in [2.05, 4.69) is 23.3 Å². The number of nitrogens with one attached hydrogen (secondary N) is 2. The highest BCUT2D eigenvalue weighted by Crippen LogP contribution is 2.23. The molecule has 132 valence electrons. The molecule has 0 aromatic heterocycles. The molecule has 0 unspecified atom stereocenters. The van der Waals surface area contributed by atoms with Crippen LogP contribution in [0, 0.1) is 0 Å². The summed E-state index contributed by atoms with van der Waals surface area (Å²) >= 11 is 8.95. The Morgan fingerprint density at radius 1 is 1.08 bits per heavy atom. The number of hydrogen-bond acceptors (Lipinski definition) is 3. The summed E-state index contributed by atoms with van der Waals surface area (Å²) in [7, 11) is 1.80. The van der Waals surface area contributed by atoms with Crippen molar-refractivity contribution in [3.63, 3.8) is 0 Å². The topological polar surface area (TPSA) is 61.4 Å². The van der Waals surface area contributed by atoms with E-state index >= 15 is 0 Å². The van der Waals surface area contributed by atoms with Gasteiger partial charge in [-0.15, -0.1) is 12.6 Å². The normalized spacial score (nSPS) is 10.3. The minimum Gasteiger partial charge on any atom is -0.359 e. The Bertz CT molecular complexity index is 775. The third-order valence-corrected chi connectivity index (χ3v) is 4.39. The van der Waals surface area contributed by atoms with E-state index < -0.39 is 0 Å². The van der Waals surface area contributed by atoms with Crippen LogP contribution in [0.4, 0.5) is 5.69 Å². The van der Waals surface area contributed by atoms with Crippen molar-refractivity contribution in [2.24, 2.45) is 0 Å². The molecule has 0 heterocycles. The maximum atomic E-state index is 12.1. The van der Waals surface area contributed by atoms with Gasteiger partial charge in [0.1, 0.15) is 4.32 Å². The van der Waals surface area contributed by atoms with E-state index in [-0.39, 0.29) is 24.7 Å². The molecule has 0 atom stereocenters. The number of hydrogen-bond donors (Lipinski definition) is 3. The number of thiocarbonyl (C=S) groups is 1. The van der Waals surface area contributed by atoms with Gasteiger partial charge in [-0.25, -0.2) is 0 Å². The molecule has 0 radical (unpaired) electrons. The quantitative estimate of drug-likeness (QED) is 0.514. The summed E-state index contributed by atoms with van der Waals surface area (Å²) in [6.07, 6.45) is 0.279. The smallest absolute Gasteiger partial charge is 0.224 e. The highest BCUT2D eigenvalue weighted by atomic mass is 32.1. The number of amides is 2. The maximum Gasteiger partial charge on any atom is 0.224 e. The van der Waals surface area contributed by atoms with Crippen LogP contribution in [0.25, 0.3) is 10.8 Å². The number of benzene rings is 2. The molecule has 2 aromatic rings. The van der Waals surface area contributed by atoms with E-state index in [9.17, 15) is 9.59 Å². The summed E-state index contributed by atoms with van der Waals surface area (Å²) in [5.41, 5.74) is 0.757. The summed E-state index contributed by atoms with van der Waals surface area (Å²) in [5.74, 6) is -0.341. The molecule has 2 rings (SSSR count). The number of nitrogens with zero attached hydrogens (tertiary/aromatic N) is 1. The molecule has 0 aliphatic rings. The average Bonchev–Trinajstić information content (AvgIpc) is 2.60. The molecule has 0 saturated heterocycles. The molecule has 2 N–H and O–H groups in total. The molecule has 2 amide bonds. The molecule has 7 heteroatoms. The Balaban J connectivity index is 1.78. The van der Waals surface area contributed by atoms with Crippen LogP contribution in [-0.2, 0) is 9.59 Å². The van der Waals surface area contributed by atoms with Crippen LogP contribution in [0.5, 0.6) is 0 Å². The second-order valence-electron chi connectivity index (χ2n) is 5.63. The summed E-state index contributed by atoms with van der Waals surface area (Å²) in [5, 5.41) is 7.68. The van der Waals surface area contributed by atoms with Crippen molar-refractivity contribution in [2.75, 3.05) is 25.5 Å². The molecule has 2 aromatic carbocycles. The Morgan fingerprint density at radius 2 is 1.76 bits per heavy atom. The van der Waals surface area contributed by atoms with Crippen molar-refractivity contribution in [3.8, 4) is 0 Å². The monoisotopic (exact) mass is 375 g/mol. The molecular weight excluding hydrogens is 354 g/mol. The van der Waals surface area contributed by atoms with Crippen molar-refractivity contribution in [2.45, 2.75) is 12.8 Å². The van der Waals surface area contributed by atoms with Gasteiger partial charge in [-0.2, -0.15) is 0 Å². The van der Waals surface area contributed by atoms with E-state index in [0.717, 1.165) is 16.5 Å². The first-order chi connectivity index (χ1) is 12.0. The summed E-state index contributed by atoms with van der Waals surface area (Å²) in [6, 6.07) is 13.6. The van der Waals surface area contributed by atoms with Gasteiger partial charge in [0.2, 0.25) is 11.8 Å². The van der Waals surface area contributed by atoms with Crippen LogP contribution >= 0.6 is 24.8 Å². The fourth-order valence-electron chi connectivity index (χ4n) is 2.32. The molecule has 25 heavy (non-hydrogen) atoms. The lowest BCUT2D eigenvalue weighted by atomic mass is 10.1. The first-order valence-electron chi connectivity index (χ1n) is 7.96. The first kappa shape index (κ1) is 19.2. The standard InChI is InChI=1S/C18H21N3O2S2/c1-21(18(24)25)12-11-19-16(22)9-10-17(23)20-15-8-4-6-13-5-2-3-7-14(13)15/h2-8H,9-12H2,1H3,(H,19,22)(H,20,23)(H,24,25). The molecule has 0 fully saturated rings. The lowest BCUT2D eigenvalue weighted by molar-refractivity contribution is -0.124. The fourth-order valence-corrected chi connectivity index (χ4v) is 2.51. The van der Waals surface area contributed by atoms with E-state index in [1.807, 2.05) is 42.5 Å². The number of thiol groups is 1. The molecule has 0 bridgehead atoms. The SMILES string of the molecule is CN(CCNC(=O)CCC(=O)Nc1cccc2ccccc12)C(=S)S. The van der Waals surface area contributed by atoms with E-state index in [4.69, 9.17) is 12.2 Å². The Labute approximate surface area is 158 Å². The van der Waals surface area contributed by atoms with Gasteiger partial charge in [0.15, 0.2) is 0 Å². The lowest BCUT2D eigenvalue weighted by Crippen LogP contribution is -2.34. The minimum atomic E-state index is -0.180. The van der Waals surface area contributed by atoms with Gasteiger partial charge in [0.05, 0.1) is 0 Å². The number of rotatable bonds is 7. The largest absolute Gasteiger partial charge is 0.359 e. The highest BCUT2D eigenvalue weighted by Gasteiger charge is 2.09. The van der Waals surface area contributed by atoms with Crippen LogP contribution in [0.3, 0.4) is 0 Å². The van der Waals surface area contributed by atoms with Gasteiger partial charge in [-0.05, 0) is 11.5 Å². The summed E-state index contributed by atoms with van der Waals surface area (Å²) in [4.78, 5) is 25.7. The first-order valence-corrected chi connectivity index (χ1v) is 8.81. The second kappa shape index (κ2) is 9.39. The molecule has 5 nitrogen and oxygen atoms in total. The van der Waals surface area contributed by atoms with E-state index in [1.165, 1.54) is 0 Å². The number of likely N-dealkylation sites (N-methyl/N-ethyl adjacent to an activating group) is 1. The molecule has 0 spiro atoms. The van der Waals surface area contributed by atoms with E-state index in [1.54, 1.807) is 11.9 Å². The third-order valence-electron chi connectivity index (χ3n) is 3.74. The predicted molar refractivity (Wildman–Crippen MR) is 109 cm³/mol. The predicted octanol–water partition coefficient (Wildman–Crippen LogP) is 2.82. The van der Waals surface area contributed by atoms with Gasteiger partial charge in [0, 0.05) is 44.1 Å². The fraction of sp³-hybridized carbons (Fsp3) is 0.278. The van der Waals surface area contributed by atoms with E-state index in [0.29, 0.717) is 17.4 Å². The van der Waals surface area contributed by atoms with Crippen molar-refractivity contribution in [1.29, 1.82) is 0 Å². The van der Waals surface area contributed by atoms with Crippen LogP contribution in [0.2, 0.25) is 0 Å². The zero-order valence-electron chi connectivity index (χ0n) is 14.0. The van der Waals surface area contributed by atoms with Crippen LogP contribution in [-0.4, -0.2) is 41.2 Å². The molecule has 0 aliphatic heterocycles. The number of carbonyl (C=O) groups is 2. The average molecular weight is 376 g/mol. The van der Waals surface area contributed by atoms with Crippen molar-refractivity contribution in [3.05, 3.63) is 42.5 Å². The van der Waals surface area contributed by atoms with Crippen LogP contribution in [0.1, 0.15) is 12.8 Å². The number of fused-ring (bicyclic) bond motifs is 1. The van der Waals surface area contributed by atoms with Gasteiger partial charge in [0.25, 0.3) is 0 Å². The molecule has 0 saturated carbocycles. The van der Waals surface area contributed by atoms with Crippen molar-refractivity contribution >= 4 is 57.4 Å². The van der Waals surface area contributed by atoms with Crippen molar-refractivity contribution < 1.29 is 9.59 Å². The zero-order chi connectivity index (χ0) is 18.2. The Morgan fingerprint density at radius 3 is 2.52 bits per heavy atom. The van der Waals surface area contributed by atoms with Gasteiger partial charge in [-0.3, -0.25) is 9.59 Å². The minimum absolute atomic E-state index is 0.135. The van der Waals surface area contributed by atoms with Crippen LogP contribution < -0.4 is 10.6 Å². The lowest BCUT2D eigenvalue weighted by Gasteiger charge is -2.16. The Hall–Kier alpha value is -2.12. The number of carbonyl (C=O) groups excluding carboxylic acids is 2.